The second-order valence-corrected chi connectivity index (χ2v) is 9.10. The number of amides is 2. The Bertz CT molecular complexity index is 1030. The number of benzene rings is 2. The van der Waals surface area contributed by atoms with E-state index in [0.29, 0.717) is 13.0 Å². The Labute approximate surface area is 205 Å². The van der Waals surface area contributed by atoms with Gasteiger partial charge in [-0.15, -0.1) is 0 Å². The van der Waals surface area contributed by atoms with Gasteiger partial charge in [0.2, 0.25) is 5.91 Å². The van der Waals surface area contributed by atoms with Crippen molar-refractivity contribution in [2.24, 2.45) is 0 Å². The number of hydrogen-bond donors (Lipinski definition) is 2. The zero-order valence-electron chi connectivity index (χ0n) is 19.9. The molecule has 1 saturated heterocycles. The summed E-state index contributed by atoms with van der Waals surface area (Å²) in [4.78, 5) is 38.1. The molecule has 8 heteroatoms. The van der Waals surface area contributed by atoms with Gasteiger partial charge in [0.1, 0.15) is 6.61 Å². The van der Waals surface area contributed by atoms with Gasteiger partial charge >= 0.3 is 12.1 Å². The molecule has 2 aliphatic rings. The molecule has 35 heavy (non-hydrogen) atoms. The topological polar surface area (TPSA) is 105 Å². The lowest BCUT2D eigenvalue weighted by Gasteiger charge is -2.35. The van der Waals surface area contributed by atoms with E-state index in [4.69, 9.17) is 14.6 Å². The SMILES string of the molecule is COC(CNC(=O)OCC1c2ccccc2-c2ccccc21)CC(=O)N1CCCC[C@@H]1CC(=O)O. The Kier molecular flexibility index (Phi) is 8.02. The Morgan fingerprint density at radius 3 is 2.34 bits per heavy atom. The fourth-order valence-electron chi connectivity index (χ4n) is 5.14. The van der Waals surface area contributed by atoms with Gasteiger partial charge < -0.3 is 24.8 Å². The van der Waals surface area contributed by atoms with Gasteiger partial charge in [0.15, 0.2) is 0 Å². The molecule has 2 atom stereocenters. The molecule has 1 fully saturated rings. The molecule has 0 saturated carbocycles. The monoisotopic (exact) mass is 480 g/mol. The lowest BCUT2D eigenvalue weighted by atomic mass is 9.98. The average Bonchev–Trinajstić information content (AvgIpc) is 3.18. The minimum absolute atomic E-state index is 0.0294. The maximum atomic E-state index is 12.8. The molecule has 0 radical (unpaired) electrons. The number of nitrogens with one attached hydrogen (secondary N) is 1. The highest BCUT2D eigenvalue weighted by Gasteiger charge is 2.31. The summed E-state index contributed by atoms with van der Waals surface area (Å²) in [5.74, 6) is -1.09. The Morgan fingerprint density at radius 1 is 1.06 bits per heavy atom. The molecule has 2 amide bonds. The van der Waals surface area contributed by atoms with Crippen molar-refractivity contribution < 1.29 is 29.0 Å². The van der Waals surface area contributed by atoms with Crippen molar-refractivity contribution in [3.8, 4) is 11.1 Å². The number of fused-ring (bicyclic) bond motifs is 3. The third-order valence-electron chi connectivity index (χ3n) is 6.91. The standard InChI is InChI=1S/C27H32N2O6/c1-34-19(15-25(30)29-13-7-6-8-18(29)14-26(31)32)16-28-27(33)35-17-24-22-11-4-2-9-20(22)21-10-3-5-12-23(21)24/h2-5,9-12,18-19,24H,6-8,13-17H2,1H3,(H,28,33)(H,31,32)/t18-,19?/m1/s1. The number of hydrogen-bond acceptors (Lipinski definition) is 5. The summed E-state index contributed by atoms with van der Waals surface area (Å²) in [6, 6.07) is 16.0. The van der Waals surface area contributed by atoms with E-state index in [9.17, 15) is 14.4 Å². The number of nitrogens with zero attached hydrogens (tertiary/aromatic N) is 1. The fraction of sp³-hybridized carbons (Fsp3) is 0.444. The molecule has 2 aromatic rings. The Balaban J connectivity index is 1.29. The number of carboxylic acid groups (broad SMARTS) is 1. The molecular formula is C27H32N2O6. The maximum Gasteiger partial charge on any atom is 0.407 e. The highest BCUT2D eigenvalue weighted by molar-refractivity contribution is 5.79. The number of carbonyl (C=O) groups is 3. The van der Waals surface area contributed by atoms with Gasteiger partial charge in [-0.2, -0.15) is 0 Å². The molecular weight excluding hydrogens is 448 g/mol. The zero-order valence-corrected chi connectivity index (χ0v) is 19.9. The predicted octanol–water partition coefficient (Wildman–Crippen LogP) is 3.79. The van der Waals surface area contributed by atoms with Crippen molar-refractivity contribution in [2.45, 2.75) is 50.2 Å². The zero-order chi connectivity index (χ0) is 24.8. The third-order valence-corrected chi connectivity index (χ3v) is 6.91. The molecule has 8 nitrogen and oxygen atoms in total. The van der Waals surface area contributed by atoms with Gasteiger partial charge in [-0.1, -0.05) is 48.5 Å². The Hall–Kier alpha value is -3.39. The van der Waals surface area contributed by atoms with Crippen LogP contribution in [0.1, 0.15) is 49.1 Å². The largest absolute Gasteiger partial charge is 0.481 e. The van der Waals surface area contributed by atoms with Crippen molar-refractivity contribution in [1.29, 1.82) is 0 Å². The van der Waals surface area contributed by atoms with Crippen LogP contribution >= 0.6 is 0 Å². The molecule has 0 spiro atoms. The van der Waals surface area contributed by atoms with E-state index < -0.39 is 18.2 Å². The number of ether oxygens (including phenoxy) is 2. The van der Waals surface area contributed by atoms with Gasteiger partial charge in [-0.05, 0) is 41.5 Å². The number of piperidine rings is 1. The van der Waals surface area contributed by atoms with E-state index in [1.807, 2.05) is 24.3 Å². The smallest absolute Gasteiger partial charge is 0.407 e. The number of carboxylic acids is 1. The van der Waals surface area contributed by atoms with Crippen LogP contribution in [0.4, 0.5) is 4.79 Å². The van der Waals surface area contributed by atoms with Crippen LogP contribution in [0.25, 0.3) is 11.1 Å². The number of rotatable bonds is 9. The average molecular weight is 481 g/mol. The predicted molar refractivity (Wildman–Crippen MR) is 130 cm³/mol. The van der Waals surface area contributed by atoms with E-state index >= 15 is 0 Å². The first-order valence-corrected chi connectivity index (χ1v) is 12.1. The van der Waals surface area contributed by atoms with E-state index in [1.165, 1.54) is 7.11 Å². The van der Waals surface area contributed by atoms with Crippen LogP contribution in [0.2, 0.25) is 0 Å². The highest BCUT2D eigenvalue weighted by atomic mass is 16.5. The van der Waals surface area contributed by atoms with Crippen LogP contribution < -0.4 is 5.32 Å². The normalized spacial score (nSPS) is 17.9. The highest BCUT2D eigenvalue weighted by Crippen LogP contribution is 2.44. The number of carbonyl (C=O) groups excluding carboxylic acids is 2. The molecule has 1 heterocycles. The van der Waals surface area contributed by atoms with E-state index in [1.54, 1.807) is 4.90 Å². The van der Waals surface area contributed by atoms with Gasteiger partial charge in [0.25, 0.3) is 0 Å². The summed E-state index contributed by atoms with van der Waals surface area (Å²) < 4.78 is 11.0. The number of aliphatic carboxylic acids is 1. The summed E-state index contributed by atoms with van der Waals surface area (Å²) in [6.07, 6.45) is 1.38. The quantitative estimate of drug-likeness (QED) is 0.566. The van der Waals surface area contributed by atoms with Crippen LogP contribution in [0, 0.1) is 0 Å². The summed E-state index contributed by atoms with van der Waals surface area (Å²) >= 11 is 0. The fourth-order valence-corrected chi connectivity index (χ4v) is 5.14. The van der Waals surface area contributed by atoms with Gasteiger partial charge in [0.05, 0.1) is 18.9 Å². The molecule has 0 aromatic heterocycles. The molecule has 1 unspecified atom stereocenters. The summed E-state index contributed by atoms with van der Waals surface area (Å²) in [6.45, 7) is 0.879. The summed E-state index contributed by atoms with van der Waals surface area (Å²) in [5.41, 5.74) is 4.60. The second-order valence-electron chi connectivity index (χ2n) is 9.10. The minimum atomic E-state index is -0.907. The summed E-state index contributed by atoms with van der Waals surface area (Å²) in [7, 11) is 1.49. The molecule has 2 aromatic carbocycles. The molecule has 1 aliphatic carbocycles. The third kappa shape index (κ3) is 5.82. The second kappa shape index (κ2) is 11.4. The summed E-state index contributed by atoms with van der Waals surface area (Å²) in [5, 5.41) is 11.9. The van der Waals surface area contributed by atoms with E-state index in [-0.39, 0.29) is 43.9 Å². The van der Waals surface area contributed by atoms with Gasteiger partial charge in [0, 0.05) is 32.2 Å². The van der Waals surface area contributed by atoms with Crippen molar-refractivity contribution in [2.75, 3.05) is 26.8 Å². The van der Waals surface area contributed by atoms with Crippen LogP contribution in [0.5, 0.6) is 0 Å². The van der Waals surface area contributed by atoms with Crippen LogP contribution in [-0.4, -0.2) is 66.9 Å². The van der Waals surface area contributed by atoms with Crippen LogP contribution in [0.15, 0.2) is 48.5 Å². The van der Waals surface area contributed by atoms with Crippen LogP contribution in [0.3, 0.4) is 0 Å². The molecule has 186 valence electrons. The first kappa shape index (κ1) is 24.7. The first-order valence-electron chi connectivity index (χ1n) is 12.1. The molecule has 1 aliphatic heterocycles. The molecule has 0 bridgehead atoms. The number of methoxy groups -OCH3 is 1. The maximum absolute atomic E-state index is 12.8. The van der Waals surface area contributed by atoms with E-state index in [0.717, 1.165) is 35.1 Å². The van der Waals surface area contributed by atoms with Crippen LogP contribution in [-0.2, 0) is 19.1 Å². The van der Waals surface area contributed by atoms with Crippen molar-refractivity contribution in [3.63, 3.8) is 0 Å². The first-order chi connectivity index (χ1) is 17.0. The number of alkyl carbamates (subject to hydrolysis) is 1. The molecule has 4 rings (SSSR count). The lowest BCUT2D eigenvalue weighted by molar-refractivity contribution is -0.142. The van der Waals surface area contributed by atoms with Crippen molar-refractivity contribution >= 4 is 18.0 Å². The van der Waals surface area contributed by atoms with Crippen molar-refractivity contribution in [1.82, 2.24) is 10.2 Å². The lowest BCUT2D eigenvalue weighted by Crippen LogP contribution is -2.46. The minimum Gasteiger partial charge on any atom is -0.481 e. The number of likely N-dealkylation sites (tertiary alicyclic amines) is 1. The molecule has 2 N–H and O–H groups in total. The van der Waals surface area contributed by atoms with Crippen molar-refractivity contribution in [3.05, 3.63) is 59.7 Å². The van der Waals surface area contributed by atoms with E-state index in [2.05, 4.69) is 29.6 Å². The van der Waals surface area contributed by atoms with Gasteiger partial charge in [-0.3, -0.25) is 9.59 Å². The van der Waals surface area contributed by atoms with Gasteiger partial charge in [-0.25, -0.2) is 4.79 Å². The Morgan fingerprint density at radius 2 is 1.71 bits per heavy atom.